The van der Waals surface area contributed by atoms with E-state index in [0.717, 1.165) is 0 Å². The van der Waals surface area contributed by atoms with E-state index < -0.39 is 27.9 Å². The number of amides is 1. The second-order valence-corrected chi connectivity index (χ2v) is 8.44. The summed E-state index contributed by atoms with van der Waals surface area (Å²) < 4.78 is 31.4. The molecule has 152 valence electrons. The maximum atomic E-state index is 12.7. The van der Waals surface area contributed by atoms with Crippen molar-refractivity contribution in [2.75, 3.05) is 20.2 Å². The van der Waals surface area contributed by atoms with Crippen LogP contribution in [0.4, 0.5) is 0 Å². The number of carbonyl (C=O) groups is 2. The molecule has 1 rings (SSSR count). The summed E-state index contributed by atoms with van der Waals surface area (Å²) in [6.45, 7) is 7.78. The van der Waals surface area contributed by atoms with E-state index >= 15 is 0 Å². The molecular weight excluding hydrogens is 392 g/mol. The number of carbonyl (C=O) groups excluding carboxylic acids is 2. The summed E-state index contributed by atoms with van der Waals surface area (Å²) in [6.07, 6.45) is 0.643. The molecule has 1 amide bonds. The zero-order chi connectivity index (χ0) is 20.8. The summed E-state index contributed by atoms with van der Waals surface area (Å²) in [5.74, 6) is -1.36. The van der Waals surface area contributed by atoms with Crippen molar-refractivity contribution in [3.05, 3.63) is 28.8 Å². The van der Waals surface area contributed by atoms with Gasteiger partial charge in [0, 0.05) is 13.1 Å². The molecule has 1 aromatic rings. The van der Waals surface area contributed by atoms with Crippen LogP contribution in [0.3, 0.4) is 0 Å². The molecule has 9 heteroatoms. The number of hydrogen-bond donors (Lipinski definition) is 1. The molecule has 0 aromatic heterocycles. The monoisotopic (exact) mass is 418 g/mol. The molecule has 2 atom stereocenters. The highest BCUT2D eigenvalue weighted by atomic mass is 35.5. The van der Waals surface area contributed by atoms with Gasteiger partial charge in [0.25, 0.3) is 5.91 Å². The second-order valence-electron chi connectivity index (χ2n) is 6.09. The Balaban J connectivity index is 3.26. The lowest BCUT2D eigenvalue weighted by molar-refractivity contribution is -0.144. The maximum Gasteiger partial charge on any atom is 0.328 e. The lowest BCUT2D eigenvalue weighted by Gasteiger charge is -2.22. The normalized spacial score (nSPS) is 13.9. The molecule has 1 aromatic carbocycles. The fraction of sp³-hybridized carbons (Fsp3) is 0.556. The second kappa shape index (κ2) is 10.1. The summed E-state index contributed by atoms with van der Waals surface area (Å²) in [6, 6.07) is 3.10. The number of nitrogens with one attached hydrogen (secondary N) is 1. The maximum absolute atomic E-state index is 12.7. The smallest absolute Gasteiger partial charge is 0.328 e. The quantitative estimate of drug-likeness (QED) is 0.622. The lowest BCUT2D eigenvalue weighted by atomic mass is 9.99. The third-order valence-corrected chi connectivity index (χ3v) is 6.86. The van der Waals surface area contributed by atoms with Crippen molar-refractivity contribution in [1.29, 1.82) is 0 Å². The highest BCUT2D eigenvalue weighted by Crippen LogP contribution is 2.23. The first-order chi connectivity index (χ1) is 12.6. The van der Waals surface area contributed by atoms with Crippen molar-refractivity contribution < 1.29 is 22.7 Å². The minimum atomic E-state index is -3.74. The van der Waals surface area contributed by atoms with Crippen molar-refractivity contribution in [3.8, 4) is 0 Å². The van der Waals surface area contributed by atoms with Crippen LogP contribution in [0.25, 0.3) is 0 Å². The molecule has 0 aliphatic carbocycles. The fourth-order valence-corrected chi connectivity index (χ4v) is 4.25. The van der Waals surface area contributed by atoms with Gasteiger partial charge in [-0.05, 0) is 24.1 Å². The first-order valence-corrected chi connectivity index (χ1v) is 10.6. The Hall–Kier alpha value is -1.64. The van der Waals surface area contributed by atoms with Gasteiger partial charge >= 0.3 is 5.97 Å². The predicted molar refractivity (Wildman–Crippen MR) is 104 cm³/mol. The zero-order valence-electron chi connectivity index (χ0n) is 16.3. The van der Waals surface area contributed by atoms with Crippen LogP contribution in [-0.2, 0) is 19.6 Å². The zero-order valence-corrected chi connectivity index (χ0v) is 17.9. The van der Waals surface area contributed by atoms with Gasteiger partial charge in [0.05, 0.1) is 22.6 Å². The predicted octanol–water partition coefficient (Wildman–Crippen LogP) is 2.69. The Labute approximate surface area is 166 Å². The number of ether oxygens (including phenoxy) is 1. The molecule has 7 nitrogen and oxygen atoms in total. The number of methoxy groups -OCH3 is 1. The molecule has 0 bridgehead atoms. The summed E-state index contributed by atoms with van der Waals surface area (Å²) in [5.41, 5.74) is -0.0119. The Bertz CT molecular complexity index is 778. The van der Waals surface area contributed by atoms with Crippen LogP contribution >= 0.6 is 11.6 Å². The third-order valence-electron chi connectivity index (χ3n) is 4.48. The minimum Gasteiger partial charge on any atom is -0.467 e. The third kappa shape index (κ3) is 5.43. The van der Waals surface area contributed by atoms with E-state index in [4.69, 9.17) is 16.3 Å². The number of nitrogens with zero attached hydrogens (tertiary/aromatic N) is 1. The molecule has 0 fully saturated rings. The van der Waals surface area contributed by atoms with E-state index in [1.807, 2.05) is 13.8 Å². The largest absolute Gasteiger partial charge is 0.467 e. The SMILES string of the molecule is CCC(C)C(NC(=O)c1cc(S(=O)(=O)N(CC)CC)ccc1Cl)C(=O)OC. The van der Waals surface area contributed by atoms with E-state index in [-0.39, 0.29) is 21.4 Å². The van der Waals surface area contributed by atoms with Gasteiger partial charge in [-0.25, -0.2) is 13.2 Å². The summed E-state index contributed by atoms with van der Waals surface area (Å²) in [5, 5.41) is 2.70. The number of benzene rings is 1. The Kier molecular flexibility index (Phi) is 8.71. The van der Waals surface area contributed by atoms with E-state index in [1.54, 1.807) is 13.8 Å². The number of sulfonamides is 1. The fourth-order valence-electron chi connectivity index (χ4n) is 2.57. The Morgan fingerprint density at radius 2 is 1.81 bits per heavy atom. The number of rotatable bonds is 9. The standard InChI is InChI=1S/C18H27ClN2O5S/c1-6-12(4)16(18(23)26-5)20-17(22)14-11-13(9-10-15(14)19)27(24,25)21(7-2)8-3/h9-12,16H,6-8H2,1-5H3,(H,20,22). The van der Waals surface area contributed by atoms with Crippen LogP contribution in [0.2, 0.25) is 5.02 Å². The molecule has 0 saturated carbocycles. The van der Waals surface area contributed by atoms with Gasteiger partial charge in [0.15, 0.2) is 0 Å². The van der Waals surface area contributed by atoms with Gasteiger partial charge < -0.3 is 10.1 Å². The molecule has 0 radical (unpaired) electrons. The molecule has 0 heterocycles. The number of halogens is 1. The molecular formula is C18H27ClN2O5S. The molecule has 0 aliphatic heterocycles. The first-order valence-electron chi connectivity index (χ1n) is 8.82. The van der Waals surface area contributed by atoms with Crippen LogP contribution < -0.4 is 5.32 Å². The van der Waals surface area contributed by atoms with Crippen molar-refractivity contribution in [2.45, 2.75) is 45.1 Å². The molecule has 0 saturated heterocycles. The van der Waals surface area contributed by atoms with E-state index in [0.29, 0.717) is 19.5 Å². The number of hydrogen-bond acceptors (Lipinski definition) is 5. The van der Waals surface area contributed by atoms with E-state index in [9.17, 15) is 18.0 Å². The molecule has 27 heavy (non-hydrogen) atoms. The van der Waals surface area contributed by atoms with Gasteiger partial charge in [0.2, 0.25) is 10.0 Å². The van der Waals surface area contributed by atoms with Crippen LogP contribution in [0.5, 0.6) is 0 Å². The highest BCUT2D eigenvalue weighted by molar-refractivity contribution is 7.89. The van der Waals surface area contributed by atoms with Crippen LogP contribution in [0, 0.1) is 5.92 Å². The van der Waals surface area contributed by atoms with Gasteiger partial charge in [0.1, 0.15) is 6.04 Å². The topological polar surface area (TPSA) is 92.8 Å². The summed E-state index contributed by atoms with van der Waals surface area (Å²) >= 11 is 6.11. The lowest BCUT2D eigenvalue weighted by Crippen LogP contribution is -2.45. The van der Waals surface area contributed by atoms with Crippen LogP contribution in [0.1, 0.15) is 44.5 Å². The molecule has 2 unspecified atom stereocenters. The molecule has 0 spiro atoms. The average molecular weight is 419 g/mol. The van der Waals surface area contributed by atoms with Gasteiger partial charge in [-0.1, -0.05) is 45.7 Å². The highest BCUT2D eigenvalue weighted by Gasteiger charge is 2.29. The summed E-state index contributed by atoms with van der Waals surface area (Å²) in [7, 11) is -2.50. The van der Waals surface area contributed by atoms with Crippen LogP contribution in [-0.4, -0.2) is 50.8 Å². The van der Waals surface area contributed by atoms with Crippen molar-refractivity contribution >= 4 is 33.5 Å². The average Bonchev–Trinajstić information content (AvgIpc) is 2.65. The molecule has 1 N–H and O–H groups in total. The Morgan fingerprint density at radius 3 is 2.30 bits per heavy atom. The van der Waals surface area contributed by atoms with Gasteiger partial charge in [-0.2, -0.15) is 4.31 Å². The Morgan fingerprint density at radius 1 is 1.22 bits per heavy atom. The number of esters is 1. The minimum absolute atomic E-state index is 0.0119. The summed E-state index contributed by atoms with van der Waals surface area (Å²) in [4.78, 5) is 24.6. The van der Waals surface area contributed by atoms with Crippen molar-refractivity contribution in [3.63, 3.8) is 0 Å². The molecule has 0 aliphatic rings. The van der Waals surface area contributed by atoms with E-state index in [2.05, 4.69) is 5.32 Å². The van der Waals surface area contributed by atoms with Gasteiger partial charge in [-0.3, -0.25) is 4.79 Å². The van der Waals surface area contributed by atoms with E-state index in [1.165, 1.54) is 29.6 Å². The first kappa shape index (κ1) is 23.4. The van der Waals surface area contributed by atoms with Crippen molar-refractivity contribution in [1.82, 2.24) is 9.62 Å². The van der Waals surface area contributed by atoms with Crippen molar-refractivity contribution in [2.24, 2.45) is 5.92 Å². The van der Waals surface area contributed by atoms with Gasteiger partial charge in [-0.15, -0.1) is 0 Å². The van der Waals surface area contributed by atoms with Crippen LogP contribution in [0.15, 0.2) is 23.1 Å².